The van der Waals surface area contributed by atoms with Gasteiger partial charge in [0, 0.05) is 0 Å². The lowest BCUT2D eigenvalue weighted by Crippen LogP contribution is -2.55. The summed E-state index contributed by atoms with van der Waals surface area (Å²) < 4.78 is 16.4. The molecule has 0 spiro atoms. The van der Waals surface area contributed by atoms with E-state index >= 15 is 0 Å². The predicted octanol–water partition coefficient (Wildman–Crippen LogP) is 4.25. The number of anilines is 1. The van der Waals surface area contributed by atoms with Gasteiger partial charge in [-0.3, -0.25) is 4.79 Å². The van der Waals surface area contributed by atoms with Crippen LogP contribution in [0.25, 0.3) is 0 Å². The molecule has 1 saturated heterocycles. The zero-order valence-corrected chi connectivity index (χ0v) is 21.5. The molecule has 0 atom stereocenters. The molecule has 8 heteroatoms. The van der Waals surface area contributed by atoms with Crippen LogP contribution in [0.4, 0.5) is 5.69 Å². The van der Waals surface area contributed by atoms with Crippen molar-refractivity contribution in [3.05, 3.63) is 59.2 Å². The van der Waals surface area contributed by atoms with Gasteiger partial charge in [0.15, 0.2) is 13.1 Å². The minimum Gasteiger partial charge on any atom is -0.497 e. The second kappa shape index (κ2) is 13.1. The normalized spacial score (nSPS) is 14.9. The molecule has 3 rings (SSSR count). The maximum absolute atomic E-state index is 13.3. The van der Waals surface area contributed by atoms with Gasteiger partial charge in [0.1, 0.15) is 12.4 Å². The Bertz CT molecular complexity index is 1050. The zero-order valence-electron chi connectivity index (χ0n) is 21.5. The number of benzene rings is 2. The molecule has 1 heterocycles. The fourth-order valence-corrected chi connectivity index (χ4v) is 4.68. The molecule has 0 aromatic heterocycles. The Morgan fingerprint density at radius 1 is 0.944 bits per heavy atom. The van der Waals surface area contributed by atoms with Gasteiger partial charge in [-0.2, -0.15) is 0 Å². The van der Waals surface area contributed by atoms with Crippen LogP contribution in [-0.4, -0.2) is 62.2 Å². The van der Waals surface area contributed by atoms with Gasteiger partial charge < -0.3 is 24.0 Å². The van der Waals surface area contributed by atoms with Crippen LogP contribution in [0.1, 0.15) is 54.1 Å². The number of quaternary nitrogens is 1. The molecule has 8 nitrogen and oxygen atoms in total. The van der Waals surface area contributed by atoms with E-state index in [0.29, 0.717) is 21.5 Å². The van der Waals surface area contributed by atoms with Crippen molar-refractivity contribution >= 4 is 23.5 Å². The van der Waals surface area contributed by atoms with Gasteiger partial charge in [-0.1, -0.05) is 30.3 Å². The number of amides is 1. The van der Waals surface area contributed by atoms with Crippen LogP contribution < -0.4 is 10.1 Å². The van der Waals surface area contributed by atoms with Gasteiger partial charge >= 0.3 is 11.9 Å². The highest BCUT2D eigenvalue weighted by Crippen LogP contribution is 2.28. The number of hydrogen-bond donors (Lipinski definition) is 1. The van der Waals surface area contributed by atoms with Crippen LogP contribution in [0.2, 0.25) is 0 Å². The molecule has 2 aromatic rings. The van der Waals surface area contributed by atoms with Crippen molar-refractivity contribution in [3.8, 4) is 5.75 Å². The van der Waals surface area contributed by atoms with Gasteiger partial charge in [0.2, 0.25) is 0 Å². The maximum Gasteiger partial charge on any atom is 0.362 e. The molecule has 1 aliphatic heterocycles. The minimum absolute atomic E-state index is 0.119. The van der Waals surface area contributed by atoms with E-state index in [9.17, 15) is 14.4 Å². The highest BCUT2D eigenvalue weighted by Gasteiger charge is 2.35. The fraction of sp³-hybridized carbons (Fsp3) is 0.464. The van der Waals surface area contributed by atoms with E-state index in [4.69, 9.17) is 14.2 Å². The van der Waals surface area contributed by atoms with Crippen LogP contribution in [0.15, 0.2) is 42.5 Å². The van der Waals surface area contributed by atoms with Crippen LogP contribution in [0, 0.1) is 6.92 Å². The average Bonchev–Trinajstić information content (AvgIpc) is 3.09. The Balaban J connectivity index is 1.76. The fourth-order valence-electron chi connectivity index (χ4n) is 4.68. The molecule has 1 aliphatic rings. The summed E-state index contributed by atoms with van der Waals surface area (Å²) in [7, 11) is 1.52. The lowest BCUT2D eigenvalue weighted by atomic mass is 10.1. The van der Waals surface area contributed by atoms with E-state index in [0.717, 1.165) is 44.3 Å². The smallest absolute Gasteiger partial charge is 0.362 e. The number of carbonyl (C=O) groups excluding carboxylic acids is 3. The van der Waals surface area contributed by atoms with E-state index in [1.54, 1.807) is 26.0 Å². The Morgan fingerprint density at radius 2 is 1.64 bits per heavy atom. The predicted molar refractivity (Wildman–Crippen MR) is 137 cm³/mol. The number of carbonyl (C=O) groups is 3. The molecule has 0 aliphatic carbocycles. The van der Waals surface area contributed by atoms with Crippen molar-refractivity contribution in [2.45, 2.75) is 46.1 Å². The van der Waals surface area contributed by atoms with E-state index in [1.165, 1.54) is 7.11 Å². The van der Waals surface area contributed by atoms with E-state index in [2.05, 4.69) is 5.32 Å². The van der Waals surface area contributed by atoms with Gasteiger partial charge in [0.05, 0.1) is 38.1 Å². The van der Waals surface area contributed by atoms with Gasteiger partial charge in [0.25, 0.3) is 5.91 Å². The van der Waals surface area contributed by atoms with Gasteiger partial charge in [-0.15, -0.1) is 0 Å². The third-order valence-electron chi connectivity index (χ3n) is 6.51. The van der Waals surface area contributed by atoms with Crippen molar-refractivity contribution in [3.63, 3.8) is 0 Å². The summed E-state index contributed by atoms with van der Waals surface area (Å²) in [6.45, 7) is 5.65. The highest BCUT2D eigenvalue weighted by atomic mass is 16.5. The highest BCUT2D eigenvalue weighted by molar-refractivity contribution is 6.03. The number of nitrogens with zero attached hydrogens (tertiary/aromatic N) is 1. The summed E-state index contributed by atoms with van der Waals surface area (Å²) >= 11 is 0. The molecule has 0 saturated carbocycles. The third-order valence-corrected chi connectivity index (χ3v) is 6.51. The second-order valence-corrected chi connectivity index (χ2v) is 9.30. The number of ether oxygens (including phenoxy) is 3. The third kappa shape index (κ3) is 7.55. The number of esters is 2. The minimum atomic E-state index is -0.530. The number of methoxy groups -OCH3 is 1. The Morgan fingerprint density at radius 3 is 2.28 bits per heavy atom. The molecule has 36 heavy (non-hydrogen) atoms. The number of aryl methyl sites for hydroxylation is 1. The molecule has 1 amide bonds. The number of likely N-dealkylation sites (tertiary alicyclic amines) is 1. The maximum atomic E-state index is 13.3. The average molecular weight is 498 g/mol. The van der Waals surface area contributed by atoms with Gasteiger partial charge in [-0.25, -0.2) is 9.59 Å². The summed E-state index contributed by atoms with van der Waals surface area (Å²) in [6.07, 6.45) is 4.03. The van der Waals surface area contributed by atoms with Crippen molar-refractivity contribution in [2.75, 3.05) is 45.2 Å². The SMILES string of the molecule is CCOC(=O)c1cc(OC)cc(C)c1NC(=O)C[N+]1(CC(=O)OCc2ccccc2)CCCCCC1. The molecule has 0 radical (unpaired) electrons. The number of hydrogen-bond acceptors (Lipinski definition) is 6. The molecule has 194 valence electrons. The van der Waals surface area contributed by atoms with Crippen LogP contribution in [0.5, 0.6) is 5.75 Å². The van der Waals surface area contributed by atoms with Crippen molar-refractivity contribution < 1.29 is 33.1 Å². The quantitative estimate of drug-likeness (QED) is 0.390. The van der Waals surface area contributed by atoms with Crippen molar-refractivity contribution in [1.29, 1.82) is 0 Å². The number of rotatable bonds is 10. The monoisotopic (exact) mass is 497 g/mol. The van der Waals surface area contributed by atoms with Crippen LogP contribution >= 0.6 is 0 Å². The summed E-state index contributed by atoms with van der Waals surface area (Å²) in [5, 5.41) is 2.93. The van der Waals surface area contributed by atoms with Crippen LogP contribution in [-0.2, 0) is 25.7 Å². The van der Waals surface area contributed by atoms with Crippen molar-refractivity contribution in [2.24, 2.45) is 0 Å². The Labute approximate surface area is 213 Å². The molecule has 1 N–H and O–H groups in total. The topological polar surface area (TPSA) is 90.9 Å². The first-order valence-corrected chi connectivity index (χ1v) is 12.6. The van der Waals surface area contributed by atoms with E-state index in [1.807, 2.05) is 30.3 Å². The number of nitrogens with one attached hydrogen (secondary N) is 1. The molecule has 0 bridgehead atoms. The lowest BCUT2D eigenvalue weighted by molar-refractivity contribution is -0.913. The zero-order chi connectivity index (χ0) is 26.0. The van der Waals surface area contributed by atoms with Crippen molar-refractivity contribution in [1.82, 2.24) is 0 Å². The molecular formula is C28H37N2O6+. The van der Waals surface area contributed by atoms with E-state index in [-0.39, 0.29) is 43.7 Å². The summed E-state index contributed by atoms with van der Waals surface area (Å²) in [5.41, 5.74) is 2.26. The molecule has 2 aromatic carbocycles. The Hall–Kier alpha value is -3.39. The first-order valence-electron chi connectivity index (χ1n) is 12.6. The largest absolute Gasteiger partial charge is 0.497 e. The molecular weight excluding hydrogens is 460 g/mol. The molecule has 0 unspecified atom stereocenters. The standard InChI is InChI=1S/C28H36N2O6/c1-4-35-28(33)24-17-23(34-3)16-21(2)27(24)29-25(31)18-30(14-10-5-6-11-15-30)19-26(32)36-20-22-12-8-7-9-13-22/h7-9,12-13,16-17H,4-6,10-11,14-15,18-20H2,1-3H3/p+1. The Kier molecular flexibility index (Phi) is 9.87. The van der Waals surface area contributed by atoms with E-state index < -0.39 is 5.97 Å². The summed E-state index contributed by atoms with van der Waals surface area (Å²) in [4.78, 5) is 38.8. The molecule has 1 fully saturated rings. The first-order chi connectivity index (χ1) is 17.4. The second-order valence-electron chi connectivity index (χ2n) is 9.30. The lowest BCUT2D eigenvalue weighted by Gasteiger charge is -2.36. The van der Waals surface area contributed by atoms with Crippen LogP contribution in [0.3, 0.4) is 0 Å². The first kappa shape index (κ1) is 27.2. The summed E-state index contributed by atoms with van der Waals surface area (Å²) in [5.74, 6) is -0.600. The van der Waals surface area contributed by atoms with Gasteiger partial charge in [-0.05, 0) is 62.8 Å². The summed E-state index contributed by atoms with van der Waals surface area (Å²) in [6, 6.07) is 12.9.